The largest absolute Gasteiger partial charge is 0.390 e. The van der Waals surface area contributed by atoms with E-state index in [1.807, 2.05) is 34.6 Å². The molecule has 0 saturated carbocycles. The fourth-order valence-corrected chi connectivity index (χ4v) is 3.28. The molecule has 1 heterocycles. The van der Waals surface area contributed by atoms with Gasteiger partial charge in [0.25, 0.3) is 0 Å². The molecule has 1 aromatic heterocycles. The van der Waals surface area contributed by atoms with Crippen molar-refractivity contribution in [3.05, 3.63) is 18.0 Å². The van der Waals surface area contributed by atoms with Crippen LogP contribution in [-0.2, 0) is 16.6 Å². The molecule has 0 bridgehead atoms. The Bertz CT molecular complexity index is 530. The molecule has 2 N–H and O–H groups in total. The molecule has 1 aromatic rings. The van der Waals surface area contributed by atoms with Gasteiger partial charge in [-0.15, -0.1) is 0 Å². The quantitative estimate of drug-likeness (QED) is 0.841. The SMILES string of the molecule is CCC(C)(C)NS(=O)(=O)c1cc(CO)n(C(C)C)c1. The highest BCUT2D eigenvalue weighted by Gasteiger charge is 2.26. The van der Waals surface area contributed by atoms with Gasteiger partial charge in [0, 0.05) is 23.5 Å². The molecular weight excluding hydrogens is 264 g/mol. The Morgan fingerprint density at radius 3 is 2.37 bits per heavy atom. The summed E-state index contributed by atoms with van der Waals surface area (Å²) in [6, 6.07) is 1.62. The van der Waals surface area contributed by atoms with Crippen LogP contribution in [0.4, 0.5) is 0 Å². The molecule has 0 fully saturated rings. The van der Waals surface area contributed by atoms with Gasteiger partial charge in [0.2, 0.25) is 10.0 Å². The van der Waals surface area contributed by atoms with Gasteiger partial charge in [0.15, 0.2) is 0 Å². The second-order valence-corrected chi connectivity index (χ2v) is 7.35. The fraction of sp³-hybridized carbons (Fsp3) is 0.692. The van der Waals surface area contributed by atoms with E-state index < -0.39 is 15.6 Å². The van der Waals surface area contributed by atoms with E-state index in [1.165, 1.54) is 6.07 Å². The first-order valence-electron chi connectivity index (χ1n) is 6.48. The summed E-state index contributed by atoms with van der Waals surface area (Å²) in [7, 11) is -3.56. The Morgan fingerprint density at radius 1 is 1.42 bits per heavy atom. The number of hydrogen-bond acceptors (Lipinski definition) is 3. The summed E-state index contributed by atoms with van der Waals surface area (Å²) in [6.07, 6.45) is 2.27. The summed E-state index contributed by atoms with van der Waals surface area (Å²) in [5.74, 6) is 0. The number of rotatable bonds is 6. The predicted octanol–water partition coefficient (Wildman–Crippen LogP) is 2.03. The van der Waals surface area contributed by atoms with E-state index in [-0.39, 0.29) is 17.5 Å². The van der Waals surface area contributed by atoms with E-state index >= 15 is 0 Å². The molecule has 5 nitrogen and oxygen atoms in total. The van der Waals surface area contributed by atoms with Gasteiger partial charge in [-0.2, -0.15) is 0 Å². The minimum absolute atomic E-state index is 0.102. The average molecular weight is 288 g/mol. The minimum atomic E-state index is -3.56. The first kappa shape index (κ1) is 16.2. The second-order valence-electron chi connectivity index (χ2n) is 5.67. The third-order valence-electron chi connectivity index (χ3n) is 3.23. The summed E-state index contributed by atoms with van der Waals surface area (Å²) in [5.41, 5.74) is 0.114. The van der Waals surface area contributed by atoms with E-state index in [2.05, 4.69) is 4.72 Å². The number of aliphatic hydroxyl groups is 1. The van der Waals surface area contributed by atoms with E-state index in [9.17, 15) is 13.5 Å². The summed E-state index contributed by atoms with van der Waals surface area (Å²) in [6.45, 7) is 9.33. The Balaban J connectivity index is 3.16. The van der Waals surface area contributed by atoms with Crippen LogP contribution < -0.4 is 4.72 Å². The monoisotopic (exact) mass is 288 g/mol. The Labute approximate surface area is 115 Å². The molecule has 0 aliphatic rings. The van der Waals surface area contributed by atoms with E-state index in [1.54, 1.807) is 10.8 Å². The number of aromatic nitrogens is 1. The summed E-state index contributed by atoms with van der Waals surface area (Å²) in [4.78, 5) is 0.201. The number of sulfonamides is 1. The molecule has 0 unspecified atom stereocenters. The van der Waals surface area contributed by atoms with Crippen molar-refractivity contribution in [2.75, 3.05) is 0 Å². The Hall–Kier alpha value is -0.850. The minimum Gasteiger partial charge on any atom is -0.390 e. The lowest BCUT2D eigenvalue weighted by atomic mass is 10.0. The molecule has 19 heavy (non-hydrogen) atoms. The molecule has 0 radical (unpaired) electrons. The second kappa shape index (κ2) is 5.64. The lowest BCUT2D eigenvalue weighted by Crippen LogP contribution is -2.42. The first-order chi connectivity index (χ1) is 8.63. The first-order valence-corrected chi connectivity index (χ1v) is 7.97. The zero-order chi connectivity index (χ0) is 14.8. The maximum Gasteiger partial charge on any atom is 0.242 e. The summed E-state index contributed by atoms with van der Waals surface area (Å²) >= 11 is 0. The van der Waals surface area contributed by atoms with Crippen molar-refractivity contribution in [2.45, 2.75) is 64.1 Å². The molecule has 6 heteroatoms. The van der Waals surface area contributed by atoms with Crippen LogP contribution in [0.15, 0.2) is 17.2 Å². The standard InChI is InChI=1S/C13H24N2O3S/c1-6-13(4,5)14-19(17,18)12-7-11(9-16)15(8-12)10(2)3/h7-8,10,14,16H,6,9H2,1-5H3. The number of nitrogens with zero attached hydrogens (tertiary/aromatic N) is 1. The van der Waals surface area contributed by atoms with Gasteiger partial charge >= 0.3 is 0 Å². The Morgan fingerprint density at radius 2 is 2.00 bits per heavy atom. The maximum absolute atomic E-state index is 12.3. The van der Waals surface area contributed by atoms with Gasteiger partial charge in [0.05, 0.1) is 6.61 Å². The van der Waals surface area contributed by atoms with Crippen molar-refractivity contribution in [1.82, 2.24) is 9.29 Å². The highest BCUT2D eigenvalue weighted by Crippen LogP contribution is 2.21. The van der Waals surface area contributed by atoms with Crippen LogP contribution in [0.5, 0.6) is 0 Å². The van der Waals surface area contributed by atoms with Crippen molar-refractivity contribution in [3.63, 3.8) is 0 Å². The van der Waals surface area contributed by atoms with E-state index in [4.69, 9.17) is 0 Å². The van der Waals surface area contributed by atoms with Gasteiger partial charge in [-0.3, -0.25) is 0 Å². The molecule has 0 saturated heterocycles. The third kappa shape index (κ3) is 3.81. The summed E-state index contributed by atoms with van der Waals surface area (Å²) < 4.78 is 29.1. The molecule has 0 aromatic carbocycles. The zero-order valence-electron chi connectivity index (χ0n) is 12.3. The summed E-state index contributed by atoms with van der Waals surface area (Å²) in [5, 5.41) is 9.29. The Kier molecular flexibility index (Phi) is 4.81. The van der Waals surface area contributed by atoms with Gasteiger partial charge in [-0.25, -0.2) is 13.1 Å². The average Bonchev–Trinajstić information content (AvgIpc) is 2.72. The highest BCUT2D eigenvalue weighted by molar-refractivity contribution is 7.89. The van der Waals surface area contributed by atoms with Crippen molar-refractivity contribution in [3.8, 4) is 0 Å². The molecular formula is C13H24N2O3S. The number of aliphatic hydroxyl groups excluding tert-OH is 1. The van der Waals surface area contributed by atoms with Crippen molar-refractivity contribution in [2.24, 2.45) is 0 Å². The smallest absolute Gasteiger partial charge is 0.242 e. The fourth-order valence-electron chi connectivity index (χ4n) is 1.75. The van der Waals surface area contributed by atoms with Crippen LogP contribution in [0.1, 0.15) is 52.8 Å². The zero-order valence-corrected chi connectivity index (χ0v) is 13.1. The van der Waals surface area contributed by atoms with Crippen LogP contribution in [0.25, 0.3) is 0 Å². The van der Waals surface area contributed by atoms with Gasteiger partial charge < -0.3 is 9.67 Å². The van der Waals surface area contributed by atoms with Crippen molar-refractivity contribution in [1.29, 1.82) is 0 Å². The van der Waals surface area contributed by atoms with Gasteiger partial charge in [-0.1, -0.05) is 6.92 Å². The van der Waals surface area contributed by atoms with Crippen molar-refractivity contribution < 1.29 is 13.5 Å². The molecule has 0 amide bonds. The van der Waals surface area contributed by atoms with E-state index in [0.717, 1.165) is 0 Å². The molecule has 1 rings (SSSR count). The predicted molar refractivity (Wildman–Crippen MR) is 75.4 cm³/mol. The van der Waals surface area contributed by atoms with Crippen LogP contribution in [0, 0.1) is 0 Å². The van der Waals surface area contributed by atoms with Crippen LogP contribution in [0.2, 0.25) is 0 Å². The topological polar surface area (TPSA) is 71.3 Å². The lowest BCUT2D eigenvalue weighted by Gasteiger charge is -2.23. The molecule has 0 atom stereocenters. The maximum atomic E-state index is 12.3. The molecule has 0 spiro atoms. The normalized spacial score (nSPS) is 13.2. The number of nitrogens with one attached hydrogen (secondary N) is 1. The molecule has 0 aliphatic heterocycles. The van der Waals surface area contributed by atoms with E-state index in [0.29, 0.717) is 12.1 Å². The van der Waals surface area contributed by atoms with Crippen LogP contribution >= 0.6 is 0 Å². The highest BCUT2D eigenvalue weighted by atomic mass is 32.2. The third-order valence-corrected chi connectivity index (χ3v) is 4.90. The van der Waals surface area contributed by atoms with Gasteiger partial charge in [-0.05, 0) is 40.2 Å². The van der Waals surface area contributed by atoms with Crippen LogP contribution in [-0.4, -0.2) is 23.6 Å². The number of hydrogen-bond donors (Lipinski definition) is 2. The molecule has 0 aliphatic carbocycles. The molecule has 110 valence electrons. The van der Waals surface area contributed by atoms with Gasteiger partial charge in [0.1, 0.15) is 4.90 Å². The lowest BCUT2D eigenvalue weighted by molar-refractivity contribution is 0.268. The van der Waals surface area contributed by atoms with Crippen molar-refractivity contribution >= 4 is 10.0 Å². The van der Waals surface area contributed by atoms with Crippen LogP contribution in [0.3, 0.4) is 0 Å².